The van der Waals surface area contributed by atoms with Gasteiger partial charge in [-0.2, -0.15) is 25.8 Å². The molecule has 0 spiro atoms. The number of halogens is 3. The van der Waals surface area contributed by atoms with Crippen LogP contribution in [0.4, 0.5) is 13.2 Å². The Labute approximate surface area is 85.7 Å². The Morgan fingerprint density at radius 3 is 2.29 bits per heavy atom. The minimum Gasteiger partial charge on any atom is -0.343 e. The van der Waals surface area contributed by atoms with Crippen LogP contribution >= 0.6 is 12.6 Å². The first kappa shape index (κ1) is 11.7. The van der Waals surface area contributed by atoms with E-state index in [1.165, 1.54) is 6.92 Å². The fraction of sp³-hybridized carbons (Fsp3) is 0.875. The number of hydrogen-bond donors (Lipinski definition) is 2. The van der Waals surface area contributed by atoms with E-state index in [4.69, 9.17) is 0 Å². The van der Waals surface area contributed by atoms with Crippen molar-refractivity contribution in [1.82, 2.24) is 5.32 Å². The largest absolute Gasteiger partial charge is 0.408 e. The Kier molecular flexibility index (Phi) is 3.34. The molecule has 0 saturated heterocycles. The highest BCUT2D eigenvalue weighted by Crippen LogP contribution is 2.40. The number of nitrogens with one attached hydrogen (secondary N) is 1. The van der Waals surface area contributed by atoms with Crippen LogP contribution in [0.5, 0.6) is 0 Å². The van der Waals surface area contributed by atoms with E-state index in [0.29, 0.717) is 12.8 Å². The predicted molar refractivity (Wildman–Crippen MR) is 49.2 cm³/mol. The van der Waals surface area contributed by atoms with Gasteiger partial charge in [-0.3, -0.25) is 4.79 Å². The first-order chi connectivity index (χ1) is 6.32. The van der Waals surface area contributed by atoms with Gasteiger partial charge in [-0.15, -0.1) is 0 Å². The molecular formula is C8H12F3NOS. The lowest BCUT2D eigenvalue weighted by molar-refractivity contribution is -0.165. The summed E-state index contributed by atoms with van der Waals surface area (Å²) in [6.45, 7) is 1.44. The van der Waals surface area contributed by atoms with E-state index in [1.54, 1.807) is 0 Å². The number of amides is 1. The molecule has 0 radical (unpaired) electrons. The maximum Gasteiger partial charge on any atom is 0.408 e. The second-order valence-electron chi connectivity index (χ2n) is 3.54. The molecule has 0 heterocycles. The van der Waals surface area contributed by atoms with Gasteiger partial charge in [-0.05, 0) is 25.7 Å². The fourth-order valence-electron chi connectivity index (χ4n) is 1.17. The Hall–Kier alpha value is -0.390. The van der Waals surface area contributed by atoms with Crippen molar-refractivity contribution in [3.8, 4) is 0 Å². The molecule has 2 atom stereocenters. The van der Waals surface area contributed by atoms with Crippen LogP contribution in [-0.4, -0.2) is 23.4 Å². The van der Waals surface area contributed by atoms with E-state index in [9.17, 15) is 18.0 Å². The van der Waals surface area contributed by atoms with Gasteiger partial charge < -0.3 is 5.32 Å². The Balaban J connectivity index is 2.56. The molecule has 14 heavy (non-hydrogen) atoms. The molecule has 1 rings (SSSR count). The molecular weight excluding hydrogens is 215 g/mol. The molecule has 1 amide bonds. The van der Waals surface area contributed by atoms with Crippen LogP contribution < -0.4 is 5.32 Å². The Morgan fingerprint density at radius 1 is 1.50 bits per heavy atom. The summed E-state index contributed by atoms with van der Waals surface area (Å²) in [7, 11) is 0. The van der Waals surface area contributed by atoms with Crippen LogP contribution in [0.2, 0.25) is 0 Å². The van der Waals surface area contributed by atoms with Crippen molar-refractivity contribution < 1.29 is 18.0 Å². The molecule has 1 aliphatic carbocycles. The van der Waals surface area contributed by atoms with Gasteiger partial charge in [-0.1, -0.05) is 0 Å². The smallest absolute Gasteiger partial charge is 0.343 e. The second-order valence-corrected chi connectivity index (χ2v) is 4.32. The molecule has 2 nitrogen and oxygen atoms in total. The minimum atomic E-state index is -4.35. The summed E-state index contributed by atoms with van der Waals surface area (Å²) in [5, 5.41) is 1.27. The van der Waals surface area contributed by atoms with Gasteiger partial charge in [0.1, 0.15) is 6.04 Å². The van der Waals surface area contributed by atoms with Gasteiger partial charge in [0.2, 0.25) is 5.91 Å². The van der Waals surface area contributed by atoms with Gasteiger partial charge in [0, 0.05) is 0 Å². The molecule has 0 bridgehead atoms. The zero-order valence-electron chi connectivity index (χ0n) is 7.64. The fourth-order valence-corrected chi connectivity index (χ4v) is 1.24. The highest BCUT2D eigenvalue weighted by Gasteiger charge is 2.49. The van der Waals surface area contributed by atoms with Gasteiger partial charge in [0.15, 0.2) is 0 Å². The highest BCUT2D eigenvalue weighted by atomic mass is 32.1. The topological polar surface area (TPSA) is 29.1 Å². The number of alkyl halides is 3. The molecule has 0 aromatic heterocycles. The quantitative estimate of drug-likeness (QED) is 0.707. The summed E-state index contributed by atoms with van der Waals surface area (Å²) < 4.78 is 37.2. The number of carbonyl (C=O) groups excluding carboxylic acids is 1. The lowest BCUT2D eigenvalue weighted by atomic mass is 10.1. The van der Waals surface area contributed by atoms with Gasteiger partial charge in [-0.25, -0.2) is 0 Å². The third-order valence-corrected chi connectivity index (χ3v) is 2.36. The second kappa shape index (κ2) is 4.00. The SMILES string of the molecule is CC(S)C(=O)N[C@H](C1CC1)C(F)(F)F. The maximum absolute atomic E-state index is 12.4. The zero-order valence-corrected chi connectivity index (χ0v) is 8.53. The van der Waals surface area contributed by atoms with Crippen molar-refractivity contribution in [2.45, 2.75) is 37.2 Å². The number of rotatable bonds is 3. The molecule has 1 unspecified atom stereocenters. The lowest BCUT2D eigenvalue weighted by Crippen LogP contribution is -2.48. The predicted octanol–water partition coefficient (Wildman–Crippen LogP) is 1.76. The molecule has 0 aliphatic heterocycles. The van der Waals surface area contributed by atoms with Crippen molar-refractivity contribution >= 4 is 18.5 Å². The zero-order chi connectivity index (χ0) is 10.9. The first-order valence-corrected chi connectivity index (χ1v) is 4.89. The summed E-state index contributed by atoms with van der Waals surface area (Å²) in [6, 6.07) is -1.69. The maximum atomic E-state index is 12.4. The molecule has 1 saturated carbocycles. The molecule has 0 aromatic rings. The van der Waals surface area contributed by atoms with Crippen LogP contribution in [0.25, 0.3) is 0 Å². The number of carbonyl (C=O) groups is 1. The normalized spacial score (nSPS) is 21.5. The van der Waals surface area contributed by atoms with Gasteiger partial charge >= 0.3 is 6.18 Å². The molecule has 82 valence electrons. The van der Waals surface area contributed by atoms with Crippen molar-refractivity contribution in [3.05, 3.63) is 0 Å². The summed E-state index contributed by atoms with van der Waals surface area (Å²) in [5.41, 5.74) is 0. The number of hydrogen-bond acceptors (Lipinski definition) is 2. The van der Waals surface area contributed by atoms with Crippen molar-refractivity contribution in [2.75, 3.05) is 0 Å². The van der Waals surface area contributed by atoms with Gasteiger partial charge in [0.05, 0.1) is 5.25 Å². The minimum absolute atomic E-state index is 0.439. The standard InChI is InChI=1S/C8H12F3NOS/c1-4(14)7(13)12-6(5-2-3-5)8(9,10)11/h4-6,14H,2-3H2,1H3,(H,12,13)/t4?,6-/m1/s1. The highest BCUT2D eigenvalue weighted by molar-refractivity contribution is 7.81. The number of thiol groups is 1. The lowest BCUT2D eigenvalue weighted by Gasteiger charge is -2.21. The van der Waals surface area contributed by atoms with E-state index in [2.05, 4.69) is 12.6 Å². The van der Waals surface area contributed by atoms with Crippen LogP contribution in [0.1, 0.15) is 19.8 Å². The summed E-state index contributed by atoms with van der Waals surface area (Å²) in [4.78, 5) is 11.0. The third kappa shape index (κ3) is 3.08. The molecule has 1 N–H and O–H groups in total. The molecule has 6 heteroatoms. The first-order valence-electron chi connectivity index (χ1n) is 4.37. The Morgan fingerprint density at radius 2 is 2.00 bits per heavy atom. The average molecular weight is 227 g/mol. The van der Waals surface area contributed by atoms with E-state index in [0.717, 1.165) is 0 Å². The van der Waals surface area contributed by atoms with E-state index in [1.807, 2.05) is 5.32 Å². The van der Waals surface area contributed by atoms with Crippen LogP contribution in [0.3, 0.4) is 0 Å². The van der Waals surface area contributed by atoms with Crippen LogP contribution in [0, 0.1) is 5.92 Å². The summed E-state index contributed by atoms with van der Waals surface area (Å²) >= 11 is 3.77. The van der Waals surface area contributed by atoms with Crippen LogP contribution in [-0.2, 0) is 4.79 Å². The monoisotopic (exact) mass is 227 g/mol. The third-order valence-electron chi connectivity index (χ3n) is 2.12. The average Bonchev–Trinajstić information content (AvgIpc) is 2.79. The molecule has 0 aromatic carbocycles. The molecule has 1 aliphatic rings. The van der Waals surface area contributed by atoms with Crippen molar-refractivity contribution in [1.29, 1.82) is 0 Å². The van der Waals surface area contributed by atoms with E-state index >= 15 is 0 Å². The Bertz CT molecular complexity index is 225. The van der Waals surface area contributed by atoms with E-state index in [-0.39, 0.29) is 0 Å². The van der Waals surface area contributed by atoms with Crippen LogP contribution in [0.15, 0.2) is 0 Å². The van der Waals surface area contributed by atoms with Crippen molar-refractivity contribution in [3.63, 3.8) is 0 Å². The summed E-state index contributed by atoms with van der Waals surface area (Å²) in [5.74, 6) is -1.10. The summed E-state index contributed by atoms with van der Waals surface area (Å²) in [6.07, 6.45) is -3.28. The van der Waals surface area contributed by atoms with Crippen molar-refractivity contribution in [2.24, 2.45) is 5.92 Å². The van der Waals surface area contributed by atoms with Gasteiger partial charge in [0.25, 0.3) is 0 Å². The van der Waals surface area contributed by atoms with E-state index < -0.39 is 29.3 Å². The molecule has 1 fully saturated rings.